The van der Waals surface area contributed by atoms with Crippen molar-refractivity contribution in [3.8, 4) is 0 Å². The highest BCUT2D eigenvalue weighted by Crippen LogP contribution is 2.33. The Morgan fingerprint density at radius 2 is 2.17 bits per heavy atom. The predicted molar refractivity (Wildman–Crippen MR) is 67.7 cm³/mol. The van der Waals surface area contributed by atoms with E-state index in [1.54, 1.807) is 0 Å². The van der Waals surface area contributed by atoms with Crippen molar-refractivity contribution in [1.82, 2.24) is 4.90 Å². The molecule has 0 saturated carbocycles. The summed E-state index contributed by atoms with van der Waals surface area (Å²) in [5.41, 5.74) is 2.22. The number of unbranched alkanes of at least 4 members (excludes halogenated alkanes) is 1. The summed E-state index contributed by atoms with van der Waals surface area (Å²) in [7, 11) is 0. The van der Waals surface area contributed by atoms with Gasteiger partial charge in [-0.15, -0.1) is 0 Å². The summed E-state index contributed by atoms with van der Waals surface area (Å²) in [6, 6.07) is 0. The van der Waals surface area contributed by atoms with Gasteiger partial charge in [0, 0.05) is 18.7 Å². The van der Waals surface area contributed by atoms with Crippen LogP contribution in [0.15, 0.2) is 11.3 Å². The van der Waals surface area contributed by atoms with Gasteiger partial charge in [-0.1, -0.05) is 13.3 Å². The molecule has 1 amide bonds. The lowest BCUT2D eigenvalue weighted by molar-refractivity contribution is -0.143. The predicted octanol–water partition coefficient (Wildman–Crippen LogP) is 2.39. The van der Waals surface area contributed by atoms with Crippen molar-refractivity contribution in [3.63, 3.8) is 0 Å². The van der Waals surface area contributed by atoms with E-state index in [0.717, 1.165) is 49.9 Å². The second-order valence-corrected chi connectivity index (χ2v) is 4.95. The van der Waals surface area contributed by atoms with E-state index in [1.807, 2.05) is 4.90 Å². The van der Waals surface area contributed by atoms with Crippen molar-refractivity contribution < 1.29 is 14.3 Å². The smallest absolute Gasteiger partial charge is 0.309 e. The summed E-state index contributed by atoms with van der Waals surface area (Å²) in [4.78, 5) is 25.2. The topological polar surface area (TPSA) is 46.6 Å². The van der Waals surface area contributed by atoms with Gasteiger partial charge in [0.1, 0.15) is 0 Å². The van der Waals surface area contributed by atoms with Crippen LogP contribution in [-0.4, -0.2) is 29.9 Å². The molecule has 4 heteroatoms. The number of hydrogen-bond donors (Lipinski definition) is 0. The molecular weight excluding hydrogens is 230 g/mol. The molecule has 1 saturated heterocycles. The number of hydrogen-bond acceptors (Lipinski definition) is 3. The standard InChI is InChI=1S/C14H21NO3/c1-2-3-9-18-14(17)10-11-5-4-8-15-12(11)6-7-13(15)16/h2-10H2,1H3. The van der Waals surface area contributed by atoms with Gasteiger partial charge >= 0.3 is 5.97 Å². The van der Waals surface area contributed by atoms with E-state index in [2.05, 4.69) is 6.92 Å². The first-order chi connectivity index (χ1) is 8.72. The average molecular weight is 251 g/mol. The molecule has 2 rings (SSSR count). The Morgan fingerprint density at radius 3 is 2.94 bits per heavy atom. The highest BCUT2D eigenvalue weighted by atomic mass is 16.5. The minimum absolute atomic E-state index is 0.146. The molecule has 100 valence electrons. The Kier molecular flexibility index (Phi) is 4.39. The van der Waals surface area contributed by atoms with Crippen LogP contribution in [0.4, 0.5) is 0 Å². The monoisotopic (exact) mass is 251 g/mol. The Hall–Kier alpha value is -1.32. The second-order valence-electron chi connectivity index (χ2n) is 4.95. The summed E-state index contributed by atoms with van der Waals surface area (Å²) in [5.74, 6) is 0.0636. The normalized spacial score (nSPS) is 19.2. The van der Waals surface area contributed by atoms with E-state index in [4.69, 9.17) is 4.74 Å². The zero-order valence-electron chi connectivity index (χ0n) is 11.0. The minimum atomic E-state index is -0.146. The van der Waals surface area contributed by atoms with E-state index < -0.39 is 0 Å². The van der Waals surface area contributed by atoms with E-state index >= 15 is 0 Å². The van der Waals surface area contributed by atoms with Crippen LogP contribution in [0.5, 0.6) is 0 Å². The number of carbonyl (C=O) groups excluding carboxylic acids is 2. The Bertz CT molecular complexity index is 373. The first-order valence-electron chi connectivity index (χ1n) is 6.89. The van der Waals surface area contributed by atoms with Crippen LogP contribution in [0.3, 0.4) is 0 Å². The number of allylic oxidation sites excluding steroid dienone is 1. The van der Waals surface area contributed by atoms with Gasteiger partial charge in [-0.3, -0.25) is 9.59 Å². The van der Waals surface area contributed by atoms with Gasteiger partial charge < -0.3 is 9.64 Å². The molecular formula is C14H21NO3. The van der Waals surface area contributed by atoms with E-state index in [-0.39, 0.29) is 11.9 Å². The minimum Gasteiger partial charge on any atom is -0.465 e. The number of carbonyl (C=O) groups is 2. The van der Waals surface area contributed by atoms with E-state index in [9.17, 15) is 9.59 Å². The summed E-state index contributed by atoms with van der Waals surface area (Å²) in [6.07, 6.45) is 5.61. The largest absolute Gasteiger partial charge is 0.465 e. The maximum atomic E-state index is 11.7. The SMILES string of the molecule is CCCCOC(=O)CC1=C2CCC(=O)N2CCC1. The van der Waals surface area contributed by atoms with Gasteiger partial charge in [-0.2, -0.15) is 0 Å². The van der Waals surface area contributed by atoms with Gasteiger partial charge in [-0.25, -0.2) is 0 Å². The zero-order chi connectivity index (χ0) is 13.0. The summed E-state index contributed by atoms with van der Waals surface area (Å²) >= 11 is 0. The number of rotatable bonds is 5. The Labute approximate surface area is 108 Å². The van der Waals surface area contributed by atoms with Gasteiger partial charge in [0.2, 0.25) is 5.91 Å². The van der Waals surface area contributed by atoms with Crippen LogP contribution in [0.1, 0.15) is 51.9 Å². The fourth-order valence-corrected chi connectivity index (χ4v) is 2.61. The fraction of sp³-hybridized carbons (Fsp3) is 0.714. The molecule has 0 spiro atoms. The number of amides is 1. The fourth-order valence-electron chi connectivity index (χ4n) is 2.61. The lowest BCUT2D eigenvalue weighted by Gasteiger charge is -2.26. The van der Waals surface area contributed by atoms with Crippen molar-refractivity contribution in [2.45, 2.75) is 51.9 Å². The van der Waals surface area contributed by atoms with Gasteiger partial charge in [0.15, 0.2) is 0 Å². The van der Waals surface area contributed by atoms with Crippen molar-refractivity contribution in [3.05, 3.63) is 11.3 Å². The molecule has 0 aromatic carbocycles. The summed E-state index contributed by atoms with van der Waals surface area (Å²) in [5, 5.41) is 0. The maximum Gasteiger partial charge on any atom is 0.309 e. The molecule has 0 aromatic rings. The molecule has 4 nitrogen and oxygen atoms in total. The first kappa shape index (κ1) is 13.1. The Balaban J connectivity index is 1.93. The second kappa shape index (κ2) is 6.03. The molecule has 0 aromatic heterocycles. The van der Waals surface area contributed by atoms with Crippen LogP contribution in [0.2, 0.25) is 0 Å². The lowest BCUT2D eigenvalue weighted by Crippen LogP contribution is -2.29. The third-order valence-electron chi connectivity index (χ3n) is 3.59. The third kappa shape index (κ3) is 2.92. The molecule has 0 unspecified atom stereocenters. The number of ether oxygens (including phenoxy) is 1. The number of fused-ring (bicyclic) bond motifs is 1. The molecule has 0 atom stereocenters. The first-order valence-corrected chi connectivity index (χ1v) is 6.89. The highest BCUT2D eigenvalue weighted by molar-refractivity contribution is 5.82. The van der Waals surface area contributed by atoms with Crippen LogP contribution >= 0.6 is 0 Å². The van der Waals surface area contributed by atoms with Gasteiger partial charge in [0.25, 0.3) is 0 Å². The number of nitrogens with zero attached hydrogens (tertiary/aromatic N) is 1. The number of esters is 1. The molecule has 18 heavy (non-hydrogen) atoms. The summed E-state index contributed by atoms with van der Waals surface area (Å²) in [6.45, 7) is 3.41. The van der Waals surface area contributed by atoms with Crippen molar-refractivity contribution in [1.29, 1.82) is 0 Å². The quantitative estimate of drug-likeness (QED) is 0.557. The summed E-state index contributed by atoms with van der Waals surface area (Å²) < 4.78 is 5.18. The maximum absolute atomic E-state index is 11.7. The third-order valence-corrected chi connectivity index (χ3v) is 3.59. The van der Waals surface area contributed by atoms with E-state index in [0.29, 0.717) is 19.4 Å². The van der Waals surface area contributed by atoms with Crippen LogP contribution < -0.4 is 0 Å². The average Bonchev–Trinajstić information content (AvgIpc) is 2.73. The molecule has 2 aliphatic heterocycles. The molecule has 0 aliphatic carbocycles. The zero-order valence-corrected chi connectivity index (χ0v) is 11.0. The molecule has 2 heterocycles. The van der Waals surface area contributed by atoms with Crippen molar-refractivity contribution in [2.75, 3.05) is 13.2 Å². The van der Waals surface area contributed by atoms with Crippen LogP contribution in [0.25, 0.3) is 0 Å². The molecule has 1 fully saturated rings. The van der Waals surface area contributed by atoms with Gasteiger partial charge in [0.05, 0.1) is 13.0 Å². The molecule has 0 radical (unpaired) electrons. The van der Waals surface area contributed by atoms with Crippen molar-refractivity contribution >= 4 is 11.9 Å². The highest BCUT2D eigenvalue weighted by Gasteiger charge is 2.31. The molecule has 2 aliphatic rings. The van der Waals surface area contributed by atoms with E-state index in [1.165, 1.54) is 0 Å². The van der Waals surface area contributed by atoms with Crippen LogP contribution in [-0.2, 0) is 14.3 Å². The van der Waals surface area contributed by atoms with Gasteiger partial charge in [-0.05, 0) is 31.3 Å². The van der Waals surface area contributed by atoms with Crippen LogP contribution in [0, 0.1) is 0 Å². The Morgan fingerprint density at radius 1 is 1.33 bits per heavy atom. The van der Waals surface area contributed by atoms with Crippen molar-refractivity contribution in [2.24, 2.45) is 0 Å². The lowest BCUT2D eigenvalue weighted by atomic mass is 9.99. The molecule has 0 N–H and O–H groups in total. The molecule has 0 bridgehead atoms.